The fourth-order valence-electron chi connectivity index (χ4n) is 7.57. The minimum atomic E-state index is -1.09. The van der Waals surface area contributed by atoms with Gasteiger partial charge in [0.05, 0.1) is 17.9 Å². The van der Waals surface area contributed by atoms with Gasteiger partial charge in [0, 0.05) is 22.7 Å². The molecule has 2 bridgehead atoms. The molecule has 3 aliphatic heterocycles. The fraction of sp³-hybridized carbons (Fsp3) is 0.633. The Balaban J connectivity index is 1.31. The van der Waals surface area contributed by atoms with E-state index in [1.807, 2.05) is 47.6 Å². The molecule has 2 saturated carbocycles. The number of thioether (sulfide) groups is 1. The molecule has 7 nitrogen and oxygen atoms in total. The van der Waals surface area contributed by atoms with E-state index in [0.29, 0.717) is 11.6 Å². The number of ether oxygens (including phenoxy) is 1. The van der Waals surface area contributed by atoms with E-state index in [1.54, 1.807) is 11.8 Å². The molecular formula is C30H39N3O4S. The molecule has 1 aromatic rings. The van der Waals surface area contributed by atoms with Gasteiger partial charge in [-0.15, -0.1) is 11.8 Å². The predicted molar refractivity (Wildman–Crippen MR) is 148 cm³/mol. The molecule has 8 heteroatoms. The predicted octanol–water partition coefficient (Wildman–Crippen LogP) is 4.53. The maximum absolute atomic E-state index is 14.3. The third-order valence-electron chi connectivity index (χ3n) is 9.53. The number of nitrogens with one attached hydrogen (secondary N) is 2. The zero-order chi connectivity index (χ0) is 26.4. The molecule has 6 rings (SSSR count). The molecule has 38 heavy (non-hydrogen) atoms. The van der Waals surface area contributed by atoms with Crippen LogP contribution < -0.4 is 10.6 Å². The number of likely N-dealkylation sites (tertiary alicyclic amines) is 1. The van der Waals surface area contributed by atoms with Crippen molar-refractivity contribution in [2.24, 2.45) is 17.8 Å². The summed E-state index contributed by atoms with van der Waals surface area (Å²) in [6.07, 6.45) is 14.5. The van der Waals surface area contributed by atoms with Gasteiger partial charge >= 0.3 is 0 Å². The molecule has 4 fully saturated rings. The summed E-state index contributed by atoms with van der Waals surface area (Å²) in [4.78, 5) is 44.9. The summed E-state index contributed by atoms with van der Waals surface area (Å²) in [5, 5.41) is 6.34. The van der Waals surface area contributed by atoms with Crippen LogP contribution in [0.25, 0.3) is 0 Å². The van der Waals surface area contributed by atoms with E-state index in [0.717, 1.165) is 56.3 Å². The Kier molecular flexibility index (Phi) is 7.06. The lowest BCUT2D eigenvalue weighted by atomic mass is 9.74. The third kappa shape index (κ3) is 4.37. The first-order chi connectivity index (χ1) is 18.4. The van der Waals surface area contributed by atoms with Gasteiger partial charge < -0.3 is 20.3 Å². The van der Waals surface area contributed by atoms with Crippen LogP contribution in [0.5, 0.6) is 0 Å². The molecule has 3 heterocycles. The summed E-state index contributed by atoms with van der Waals surface area (Å²) in [6, 6.07) is 7.12. The quantitative estimate of drug-likeness (QED) is 0.411. The van der Waals surface area contributed by atoms with Gasteiger partial charge in [0.1, 0.15) is 11.6 Å². The number of rotatable bonds is 6. The van der Waals surface area contributed by atoms with Crippen LogP contribution in [0.3, 0.4) is 0 Å². The van der Waals surface area contributed by atoms with E-state index in [2.05, 4.69) is 17.6 Å². The van der Waals surface area contributed by atoms with Crippen LogP contribution in [-0.4, -0.2) is 58.7 Å². The molecule has 2 saturated heterocycles. The van der Waals surface area contributed by atoms with Gasteiger partial charge in [0.2, 0.25) is 17.7 Å². The number of nitrogens with zero attached hydrogens (tertiary/aromatic N) is 1. The maximum Gasteiger partial charge on any atom is 0.246 e. The Bertz CT molecular complexity index is 1130. The number of carbonyl (C=O) groups excluding carboxylic acids is 3. The molecule has 5 atom stereocenters. The largest absolute Gasteiger partial charge is 0.359 e. The molecule has 0 aromatic heterocycles. The summed E-state index contributed by atoms with van der Waals surface area (Å²) >= 11 is 1.61. The van der Waals surface area contributed by atoms with Crippen molar-refractivity contribution < 1.29 is 19.1 Å². The van der Waals surface area contributed by atoms with E-state index in [9.17, 15) is 14.4 Å². The molecule has 1 aromatic carbocycles. The summed E-state index contributed by atoms with van der Waals surface area (Å²) < 4.78 is 6.54. The van der Waals surface area contributed by atoms with Gasteiger partial charge in [0.25, 0.3) is 0 Å². The number of benzene rings is 1. The molecule has 2 N–H and O–H groups in total. The van der Waals surface area contributed by atoms with Crippen molar-refractivity contribution in [1.82, 2.24) is 10.2 Å². The number of carbonyl (C=O) groups is 3. The van der Waals surface area contributed by atoms with Crippen molar-refractivity contribution in [2.45, 2.75) is 99.4 Å². The first-order valence-corrected chi connectivity index (χ1v) is 15.6. The van der Waals surface area contributed by atoms with E-state index in [-0.39, 0.29) is 29.8 Å². The van der Waals surface area contributed by atoms with E-state index < -0.39 is 29.6 Å². The van der Waals surface area contributed by atoms with Crippen LogP contribution in [0.1, 0.15) is 64.7 Å². The molecule has 1 spiro atoms. The van der Waals surface area contributed by atoms with Gasteiger partial charge in [-0.1, -0.05) is 44.4 Å². The minimum absolute atomic E-state index is 0.00111. The van der Waals surface area contributed by atoms with E-state index >= 15 is 0 Å². The van der Waals surface area contributed by atoms with Gasteiger partial charge in [-0.3, -0.25) is 14.4 Å². The molecule has 2 aliphatic carbocycles. The Morgan fingerprint density at radius 1 is 1.05 bits per heavy atom. The van der Waals surface area contributed by atoms with Gasteiger partial charge in [-0.05, 0) is 68.9 Å². The van der Waals surface area contributed by atoms with Gasteiger partial charge in [0.15, 0.2) is 0 Å². The summed E-state index contributed by atoms with van der Waals surface area (Å²) in [5.74, 6) is -1.17. The number of hydrogen-bond donors (Lipinski definition) is 2. The second-order valence-corrected chi connectivity index (χ2v) is 12.8. The number of fused-ring (bicyclic) bond motifs is 1. The lowest BCUT2D eigenvalue weighted by Crippen LogP contribution is -2.58. The number of hydrogen-bond acceptors (Lipinski definition) is 5. The monoisotopic (exact) mass is 537 g/mol. The van der Waals surface area contributed by atoms with Gasteiger partial charge in [-0.2, -0.15) is 0 Å². The van der Waals surface area contributed by atoms with Crippen LogP contribution in [0.4, 0.5) is 5.69 Å². The Morgan fingerprint density at radius 2 is 1.82 bits per heavy atom. The molecule has 5 aliphatic rings. The number of anilines is 1. The van der Waals surface area contributed by atoms with Crippen LogP contribution in [0, 0.1) is 17.8 Å². The summed E-state index contributed by atoms with van der Waals surface area (Å²) in [7, 11) is 0. The molecular weight excluding hydrogens is 498 g/mol. The molecule has 0 unspecified atom stereocenters. The average molecular weight is 538 g/mol. The van der Waals surface area contributed by atoms with Crippen molar-refractivity contribution in [1.29, 1.82) is 0 Å². The standard InChI is InChI=1S/C30H39N3O4S/c1-18-11-13-21(14-12-18)33-26(28(35)31-19-7-4-3-5-8-19)30-16-15-23(37-30)24(25(30)29(33)36)27(34)32-20-9-6-10-22(17-20)38-2/h6,9-10,15-19,21,23-26H,3-5,7-8,11-14H2,1-2H3,(H,31,35)(H,32,34)/t18?,21?,23-,24+,25-,26+,30-/m0/s1. The van der Waals surface area contributed by atoms with Crippen LogP contribution in [0.2, 0.25) is 0 Å². The highest BCUT2D eigenvalue weighted by Gasteiger charge is 2.73. The topological polar surface area (TPSA) is 87.7 Å². The zero-order valence-electron chi connectivity index (χ0n) is 22.4. The lowest BCUT2D eigenvalue weighted by Gasteiger charge is -2.40. The average Bonchev–Trinajstić information content (AvgIpc) is 3.57. The smallest absolute Gasteiger partial charge is 0.246 e. The van der Waals surface area contributed by atoms with Crippen molar-refractivity contribution >= 4 is 35.2 Å². The first-order valence-electron chi connectivity index (χ1n) is 14.4. The summed E-state index contributed by atoms with van der Waals surface area (Å²) in [5.41, 5.74) is -0.384. The Labute approximate surface area is 229 Å². The molecule has 0 radical (unpaired) electrons. The van der Waals surface area contributed by atoms with Gasteiger partial charge in [-0.25, -0.2) is 0 Å². The first kappa shape index (κ1) is 25.9. The maximum atomic E-state index is 14.3. The SMILES string of the molecule is CSc1cccc(NC(=O)[C@@H]2[C@@H]3C=C[C@]4(O3)[C@@H]2C(=O)N(C2CCC(C)CC2)[C@@H]4C(=O)NC2CCCCC2)c1. The van der Waals surface area contributed by atoms with Crippen molar-refractivity contribution in [3.63, 3.8) is 0 Å². The number of amides is 3. The summed E-state index contributed by atoms with van der Waals surface area (Å²) in [6.45, 7) is 2.25. The van der Waals surface area contributed by atoms with Crippen molar-refractivity contribution in [3.8, 4) is 0 Å². The van der Waals surface area contributed by atoms with Crippen molar-refractivity contribution in [3.05, 3.63) is 36.4 Å². The highest BCUT2D eigenvalue weighted by Crippen LogP contribution is 2.56. The van der Waals surface area contributed by atoms with E-state index in [4.69, 9.17) is 4.74 Å². The minimum Gasteiger partial charge on any atom is -0.359 e. The highest BCUT2D eigenvalue weighted by atomic mass is 32.2. The lowest BCUT2D eigenvalue weighted by molar-refractivity contribution is -0.145. The van der Waals surface area contributed by atoms with E-state index in [1.165, 1.54) is 6.42 Å². The highest BCUT2D eigenvalue weighted by molar-refractivity contribution is 7.98. The zero-order valence-corrected chi connectivity index (χ0v) is 23.2. The van der Waals surface area contributed by atoms with Crippen LogP contribution in [0.15, 0.2) is 41.3 Å². The third-order valence-corrected chi connectivity index (χ3v) is 10.3. The van der Waals surface area contributed by atoms with Crippen LogP contribution >= 0.6 is 11.8 Å². The molecule has 3 amide bonds. The second kappa shape index (κ2) is 10.3. The Morgan fingerprint density at radius 3 is 2.55 bits per heavy atom. The molecule has 204 valence electrons. The Hall–Kier alpha value is -2.32. The fourth-order valence-corrected chi connectivity index (χ4v) is 8.03. The van der Waals surface area contributed by atoms with Crippen molar-refractivity contribution in [2.75, 3.05) is 11.6 Å². The second-order valence-electron chi connectivity index (χ2n) is 11.9. The normalized spacial score (nSPS) is 36.4. The van der Waals surface area contributed by atoms with Crippen LogP contribution in [-0.2, 0) is 19.1 Å².